The normalized spacial score (nSPS) is 14.6. The molecule has 0 aromatic carbocycles. The average Bonchev–Trinajstić information content (AvgIpc) is 3.29. The van der Waals surface area contributed by atoms with Crippen LogP contribution in [0.4, 0.5) is 0 Å². The van der Waals surface area contributed by atoms with Gasteiger partial charge in [-0.3, -0.25) is 18.8 Å². The molecule has 0 aliphatic carbocycles. The molecule has 4 rings (SSSR count). The van der Waals surface area contributed by atoms with Gasteiger partial charge in [-0.2, -0.15) is 5.10 Å². The zero-order chi connectivity index (χ0) is 16.7. The third kappa shape index (κ3) is 2.43. The first-order valence-corrected chi connectivity index (χ1v) is 8.76. The molecule has 4 heterocycles. The van der Waals surface area contributed by atoms with E-state index in [9.17, 15) is 9.59 Å². The van der Waals surface area contributed by atoms with E-state index < -0.39 is 0 Å². The number of nitrogens with zero attached hydrogens (tertiary/aromatic N) is 5. The number of thiophene rings is 1. The summed E-state index contributed by atoms with van der Waals surface area (Å²) in [6.07, 6.45) is 5.24. The number of fused-ring (bicyclic) bond motifs is 1. The molecule has 0 N–H and O–H groups in total. The highest BCUT2D eigenvalue weighted by Crippen LogP contribution is 2.29. The fourth-order valence-electron chi connectivity index (χ4n) is 3.12. The van der Waals surface area contributed by atoms with Crippen LogP contribution in [0, 0.1) is 0 Å². The molecule has 124 valence electrons. The largest absolute Gasteiger partial charge is 0.341 e. The molecule has 8 heteroatoms. The van der Waals surface area contributed by atoms with E-state index in [0.29, 0.717) is 10.2 Å². The van der Waals surface area contributed by atoms with Crippen molar-refractivity contribution < 1.29 is 4.79 Å². The number of hydrogen-bond acceptors (Lipinski definition) is 5. The lowest BCUT2D eigenvalue weighted by molar-refractivity contribution is -0.130. The van der Waals surface area contributed by atoms with E-state index >= 15 is 0 Å². The summed E-state index contributed by atoms with van der Waals surface area (Å²) in [4.78, 5) is 32.1. The van der Waals surface area contributed by atoms with Crippen molar-refractivity contribution in [2.24, 2.45) is 7.05 Å². The molecular formula is C16H17N5O2S. The van der Waals surface area contributed by atoms with Gasteiger partial charge in [0.15, 0.2) is 0 Å². The van der Waals surface area contributed by atoms with Crippen LogP contribution in [0.15, 0.2) is 28.8 Å². The molecule has 3 aromatic rings. The van der Waals surface area contributed by atoms with Gasteiger partial charge >= 0.3 is 0 Å². The van der Waals surface area contributed by atoms with Crippen molar-refractivity contribution in [2.45, 2.75) is 19.4 Å². The quantitative estimate of drug-likeness (QED) is 0.722. The zero-order valence-electron chi connectivity index (χ0n) is 13.3. The van der Waals surface area contributed by atoms with Crippen LogP contribution < -0.4 is 5.56 Å². The molecule has 1 amide bonds. The summed E-state index contributed by atoms with van der Waals surface area (Å²) in [7, 11) is 1.84. The minimum atomic E-state index is -0.176. The van der Waals surface area contributed by atoms with Gasteiger partial charge in [-0.25, -0.2) is 4.98 Å². The molecule has 3 aromatic heterocycles. The van der Waals surface area contributed by atoms with Crippen molar-refractivity contribution in [3.8, 4) is 11.3 Å². The fraction of sp³-hybridized carbons (Fsp3) is 0.375. The van der Waals surface area contributed by atoms with E-state index in [1.165, 1.54) is 22.2 Å². The Balaban J connectivity index is 1.76. The highest BCUT2D eigenvalue weighted by Gasteiger charge is 2.20. The van der Waals surface area contributed by atoms with Gasteiger partial charge in [-0.15, -0.1) is 11.3 Å². The second kappa shape index (κ2) is 5.86. The Bertz CT molecular complexity index is 964. The predicted molar refractivity (Wildman–Crippen MR) is 91.9 cm³/mol. The van der Waals surface area contributed by atoms with Gasteiger partial charge in [0.05, 0.1) is 17.4 Å². The van der Waals surface area contributed by atoms with E-state index in [4.69, 9.17) is 0 Å². The summed E-state index contributed by atoms with van der Waals surface area (Å²) in [5.41, 5.74) is 1.50. The summed E-state index contributed by atoms with van der Waals surface area (Å²) < 4.78 is 3.14. The highest BCUT2D eigenvalue weighted by molar-refractivity contribution is 7.17. The fourth-order valence-corrected chi connectivity index (χ4v) is 4.01. The summed E-state index contributed by atoms with van der Waals surface area (Å²) in [5, 5.41) is 6.64. The number of amides is 1. The van der Waals surface area contributed by atoms with Crippen molar-refractivity contribution in [2.75, 3.05) is 13.1 Å². The number of carbonyl (C=O) groups is 1. The average molecular weight is 343 g/mol. The maximum absolute atomic E-state index is 12.9. The van der Waals surface area contributed by atoms with Crippen LogP contribution in [0.3, 0.4) is 0 Å². The Morgan fingerprint density at radius 1 is 1.33 bits per heavy atom. The summed E-state index contributed by atoms with van der Waals surface area (Å²) >= 11 is 1.43. The number of aryl methyl sites for hydroxylation is 1. The Morgan fingerprint density at radius 2 is 2.12 bits per heavy atom. The second-order valence-corrected chi connectivity index (χ2v) is 6.79. The van der Waals surface area contributed by atoms with Crippen LogP contribution in [0.2, 0.25) is 0 Å². The molecule has 1 fully saturated rings. The number of aromatic nitrogens is 4. The molecule has 24 heavy (non-hydrogen) atoms. The van der Waals surface area contributed by atoms with Crippen molar-refractivity contribution in [1.82, 2.24) is 24.2 Å². The highest BCUT2D eigenvalue weighted by atomic mass is 32.1. The molecule has 0 saturated carbocycles. The first-order chi connectivity index (χ1) is 11.6. The van der Waals surface area contributed by atoms with Gasteiger partial charge < -0.3 is 4.90 Å². The summed E-state index contributed by atoms with van der Waals surface area (Å²) in [6.45, 7) is 1.60. The van der Waals surface area contributed by atoms with Crippen molar-refractivity contribution >= 4 is 27.5 Å². The Hall–Kier alpha value is -2.48. The van der Waals surface area contributed by atoms with Gasteiger partial charge in [-0.05, 0) is 18.9 Å². The third-order valence-electron chi connectivity index (χ3n) is 4.42. The van der Waals surface area contributed by atoms with E-state index in [0.717, 1.165) is 37.2 Å². The topological polar surface area (TPSA) is 73.0 Å². The molecule has 1 saturated heterocycles. The molecule has 7 nitrogen and oxygen atoms in total. The molecule has 1 aliphatic heterocycles. The zero-order valence-corrected chi connectivity index (χ0v) is 14.1. The number of carbonyl (C=O) groups excluding carboxylic acids is 1. The molecule has 0 spiro atoms. The van der Waals surface area contributed by atoms with Gasteiger partial charge in [-0.1, -0.05) is 0 Å². The van der Waals surface area contributed by atoms with E-state index in [2.05, 4.69) is 10.1 Å². The lowest BCUT2D eigenvalue weighted by Gasteiger charge is -2.15. The van der Waals surface area contributed by atoms with Crippen LogP contribution >= 0.6 is 11.3 Å². The second-order valence-electron chi connectivity index (χ2n) is 5.94. The number of likely N-dealkylation sites (tertiary alicyclic amines) is 1. The molecule has 0 radical (unpaired) electrons. The van der Waals surface area contributed by atoms with E-state index in [1.54, 1.807) is 10.9 Å². The Morgan fingerprint density at radius 3 is 2.83 bits per heavy atom. The maximum atomic E-state index is 12.9. The molecule has 0 bridgehead atoms. The molecule has 1 aliphatic rings. The number of rotatable bonds is 3. The summed E-state index contributed by atoms with van der Waals surface area (Å²) in [6, 6.07) is 1.87. The third-order valence-corrected chi connectivity index (χ3v) is 5.31. The minimum absolute atomic E-state index is 0.0203. The Labute approximate surface area is 142 Å². The van der Waals surface area contributed by atoms with Crippen molar-refractivity contribution in [1.29, 1.82) is 0 Å². The first-order valence-electron chi connectivity index (χ1n) is 7.88. The summed E-state index contributed by atoms with van der Waals surface area (Å²) in [5.74, 6) is -0.0203. The van der Waals surface area contributed by atoms with Gasteiger partial charge in [0.2, 0.25) is 5.91 Å². The lowest BCUT2D eigenvalue weighted by atomic mass is 10.2. The van der Waals surface area contributed by atoms with Gasteiger partial charge in [0.1, 0.15) is 11.4 Å². The van der Waals surface area contributed by atoms with Crippen LogP contribution in [-0.2, 0) is 18.4 Å². The monoisotopic (exact) mass is 343 g/mol. The van der Waals surface area contributed by atoms with Crippen LogP contribution in [-0.4, -0.2) is 43.2 Å². The molecule has 0 atom stereocenters. The Kier molecular flexibility index (Phi) is 3.68. The maximum Gasteiger partial charge on any atom is 0.263 e. The lowest BCUT2D eigenvalue weighted by Crippen LogP contribution is -2.34. The van der Waals surface area contributed by atoms with Crippen LogP contribution in [0.25, 0.3) is 21.5 Å². The first kappa shape index (κ1) is 15.1. The van der Waals surface area contributed by atoms with Crippen molar-refractivity contribution in [3.63, 3.8) is 0 Å². The van der Waals surface area contributed by atoms with Gasteiger partial charge in [0, 0.05) is 37.3 Å². The standard InChI is InChI=1S/C16H17N5O2S/c1-19-12(4-5-18-19)11-9-24-15-14(11)16(23)21(10-17-15)8-13(22)20-6-2-3-7-20/h4-5,9-10H,2-3,6-8H2,1H3. The van der Waals surface area contributed by atoms with Crippen LogP contribution in [0.1, 0.15) is 12.8 Å². The minimum Gasteiger partial charge on any atom is -0.341 e. The van der Waals surface area contributed by atoms with E-state index in [1.807, 2.05) is 23.4 Å². The SMILES string of the molecule is Cn1nccc1-c1csc2ncn(CC(=O)N3CCCC3)c(=O)c12. The molecular weight excluding hydrogens is 326 g/mol. The van der Waals surface area contributed by atoms with E-state index in [-0.39, 0.29) is 18.0 Å². The smallest absolute Gasteiger partial charge is 0.263 e. The predicted octanol–water partition coefficient (Wildman–Crippen LogP) is 1.48. The van der Waals surface area contributed by atoms with Gasteiger partial charge in [0.25, 0.3) is 5.56 Å². The van der Waals surface area contributed by atoms with Crippen molar-refractivity contribution in [3.05, 3.63) is 34.3 Å². The molecule has 0 unspecified atom stereocenters. The number of hydrogen-bond donors (Lipinski definition) is 0. The van der Waals surface area contributed by atoms with Crippen LogP contribution in [0.5, 0.6) is 0 Å².